The Morgan fingerprint density at radius 2 is 2.07 bits per heavy atom. The van der Waals surface area contributed by atoms with E-state index in [-0.39, 0.29) is 0 Å². The Bertz CT molecular complexity index is 1180. The van der Waals surface area contributed by atoms with Gasteiger partial charge in [-0.15, -0.1) is 10.2 Å². The number of fused-ring (bicyclic) bond motifs is 1. The third-order valence-corrected chi connectivity index (χ3v) is 5.41. The molecular formula is C19H20BrN9O. The van der Waals surface area contributed by atoms with E-state index in [4.69, 9.17) is 9.72 Å². The largest absolute Gasteiger partial charge is 0.378 e. The number of morpholine rings is 1. The van der Waals surface area contributed by atoms with Crippen molar-refractivity contribution in [3.8, 4) is 11.4 Å². The number of aromatic amines is 1. The van der Waals surface area contributed by atoms with Crippen molar-refractivity contribution in [3.63, 3.8) is 0 Å². The lowest BCUT2D eigenvalue weighted by molar-refractivity contribution is 0.122. The van der Waals surface area contributed by atoms with Crippen LogP contribution in [0.15, 0.2) is 34.9 Å². The van der Waals surface area contributed by atoms with Crippen LogP contribution < -0.4 is 10.2 Å². The molecule has 4 aromatic rings. The lowest BCUT2D eigenvalue weighted by Gasteiger charge is -2.27. The smallest absolute Gasteiger partial charge is 0.230 e. The van der Waals surface area contributed by atoms with E-state index in [2.05, 4.69) is 70.5 Å². The summed E-state index contributed by atoms with van der Waals surface area (Å²) < 4.78 is 7.92. The molecule has 0 amide bonds. The zero-order chi connectivity index (χ0) is 20.5. The van der Waals surface area contributed by atoms with Crippen LogP contribution in [0.25, 0.3) is 17.0 Å². The Kier molecular flexibility index (Phi) is 5.05. The fourth-order valence-electron chi connectivity index (χ4n) is 3.32. The molecule has 3 aromatic heterocycles. The summed E-state index contributed by atoms with van der Waals surface area (Å²) in [6.07, 6.45) is 1.71. The minimum absolute atomic E-state index is 0.422. The summed E-state index contributed by atoms with van der Waals surface area (Å²) in [5, 5.41) is 16.2. The quantitative estimate of drug-likeness (QED) is 0.458. The van der Waals surface area contributed by atoms with Gasteiger partial charge >= 0.3 is 0 Å². The van der Waals surface area contributed by atoms with Crippen molar-refractivity contribution in [2.75, 3.05) is 36.5 Å². The Morgan fingerprint density at radius 3 is 2.90 bits per heavy atom. The van der Waals surface area contributed by atoms with Gasteiger partial charge in [0, 0.05) is 18.7 Å². The van der Waals surface area contributed by atoms with Crippen molar-refractivity contribution >= 4 is 33.5 Å². The SMILES string of the molecule is Cc1cccc(-c2nnc(CNc3nc(N4CCOCC4)nc4c(Br)cnn34)[nH]2)c1. The zero-order valence-corrected chi connectivity index (χ0v) is 17.9. The molecule has 4 heterocycles. The summed E-state index contributed by atoms with van der Waals surface area (Å²) in [5.74, 6) is 2.67. The first-order valence-electron chi connectivity index (χ1n) is 9.64. The monoisotopic (exact) mass is 469 g/mol. The molecule has 1 fully saturated rings. The molecule has 0 bridgehead atoms. The van der Waals surface area contributed by atoms with Crippen LogP contribution in [-0.2, 0) is 11.3 Å². The number of anilines is 2. The predicted octanol–water partition coefficient (Wildman–Crippen LogP) is 2.43. The van der Waals surface area contributed by atoms with Gasteiger partial charge in [0.15, 0.2) is 11.5 Å². The number of hydrogen-bond donors (Lipinski definition) is 2. The Labute approximate surface area is 180 Å². The van der Waals surface area contributed by atoms with Gasteiger partial charge in [0.05, 0.1) is 30.4 Å². The van der Waals surface area contributed by atoms with Crippen LogP contribution in [0.1, 0.15) is 11.4 Å². The van der Waals surface area contributed by atoms with E-state index in [0.29, 0.717) is 43.1 Å². The van der Waals surface area contributed by atoms with E-state index in [1.807, 2.05) is 12.1 Å². The maximum atomic E-state index is 5.44. The second kappa shape index (κ2) is 8.00. The molecule has 11 heteroatoms. The van der Waals surface area contributed by atoms with Crippen LogP contribution in [0.2, 0.25) is 0 Å². The first kappa shape index (κ1) is 18.9. The molecular weight excluding hydrogens is 450 g/mol. The van der Waals surface area contributed by atoms with Crippen LogP contribution in [0.4, 0.5) is 11.9 Å². The number of rotatable bonds is 5. The second-order valence-corrected chi connectivity index (χ2v) is 7.87. The second-order valence-electron chi connectivity index (χ2n) is 7.02. The number of benzene rings is 1. The molecule has 10 nitrogen and oxygen atoms in total. The van der Waals surface area contributed by atoms with Gasteiger partial charge in [-0.1, -0.05) is 23.8 Å². The predicted molar refractivity (Wildman–Crippen MR) is 115 cm³/mol. The van der Waals surface area contributed by atoms with Gasteiger partial charge in [-0.25, -0.2) is 0 Å². The summed E-state index contributed by atoms with van der Waals surface area (Å²) in [6, 6.07) is 8.14. The molecule has 0 atom stereocenters. The van der Waals surface area contributed by atoms with Gasteiger partial charge in [0.25, 0.3) is 0 Å². The van der Waals surface area contributed by atoms with Crippen molar-refractivity contribution in [2.24, 2.45) is 0 Å². The molecule has 0 radical (unpaired) electrons. The lowest BCUT2D eigenvalue weighted by atomic mass is 10.1. The van der Waals surface area contributed by atoms with Crippen molar-refractivity contribution in [1.29, 1.82) is 0 Å². The van der Waals surface area contributed by atoms with Gasteiger partial charge in [-0.2, -0.15) is 19.6 Å². The number of nitrogens with zero attached hydrogens (tertiary/aromatic N) is 7. The lowest BCUT2D eigenvalue weighted by Crippen LogP contribution is -2.37. The number of hydrogen-bond acceptors (Lipinski definition) is 8. The van der Waals surface area contributed by atoms with Crippen LogP contribution in [0.5, 0.6) is 0 Å². The third-order valence-electron chi connectivity index (χ3n) is 4.85. The number of H-pyrrole nitrogens is 1. The van der Waals surface area contributed by atoms with Crippen molar-refractivity contribution in [3.05, 3.63) is 46.3 Å². The highest BCUT2D eigenvalue weighted by Crippen LogP contribution is 2.22. The molecule has 2 N–H and O–H groups in total. The van der Waals surface area contributed by atoms with Gasteiger partial charge in [-0.3, -0.25) is 0 Å². The van der Waals surface area contributed by atoms with Crippen LogP contribution in [0.3, 0.4) is 0 Å². The van der Waals surface area contributed by atoms with Crippen molar-refractivity contribution in [2.45, 2.75) is 13.5 Å². The highest BCUT2D eigenvalue weighted by Gasteiger charge is 2.18. The summed E-state index contributed by atoms with van der Waals surface area (Å²) >= 11 is 3.52. The molecule has 0 aliphatic carbocycles. The Balaban J connectivity index is 1.40. The van der Waals surface area contributed by atoms with Crippen LogP contribution in [-0.4, -0.2) is 61.1 Å². The highest BCUT2D eigenvalue weighted by atomic mass is 79.9. The van der Waals surface area contributed by atoms with Gasteiger partial charge in [0.1, 0.15) is 5.82 Å². The van der Waals surface area contributed by atoms with Crippen molar-refractivity contribution in [1.82, 2.24) is 34.8 Å². The summed E-state index contributed by atoms with van der Waals surface area (Å²) in [4.78, 5) is 14.7. The van der Waals surface area contributed by atoms with Gasteiger partial charge in [-0.05, 0) is 28.9 Å². The summed E-state index contributed by atoms with van der Waals surface area (Å²) in [5.41, 5.74) is 2.88. The first-order chi connectivity index (χ1) is 14.7. The molecule has 1 aliphatic rings. The third kappa shape index (κ3) is 3.73. The molecule has 154 valence electrons. The normalized spacial score (nSPS) is 14.4. The van der Waals surface area contributed by atoms with E-state index in [0.717, 1.165) is 29.0 Å². The van der Waals surface area contributed by atoms with E-state index < -0.39 is 0 Å². The molecule has 30 heavy (non-hydrogen) atoms. The average molecular weight is 470 g/mol. The van der Waals surface area contributed by atoms with Crippen LogP contribution in [0, 0.1) is 6.92 Å². The fourth-order valence-corrected chi connectivity index (χ4v) is 3.67. The summed E-state index contributed by atoms with van der Waals surface area (Å²) in [6.45, 7) is 5.31. The fraction of sp³-hybridized carbons (Fsp3) is 0.316. The zero-order valence-electron chi connectivity index (χ0n) is 16.3. The maximum Gasteiger partial charge on any atom is 0.230 e. The molecule has 0 saturated carbocycles. The molecule has 0 unspecified atom stereocenters. The number of halogens is 1. The molecule has 1 aromatic carbocycles. The first-order valence-corrected chi connectivity index (χ1v) is 10.4. The standard InChI is InChI=1S/C19H20BrN9O/c1-12-3-2-4-13(9-12)16-23-15(26-27-16)11-21-18-25-19(28-5-7-30-8-6-28)24-17-14(20)10-22-29(17)18/h2-4,9-10H,5-8,11H2,1H3,(H,21,24,25)(H,23,26,27). The van der Waals surface area contributed by atoms with E-state index in [1.54, 1.807) is 10.7 Å². The molecule has 1 saturated heterocycles. The van der Waals surface area contributed by atoms with Crippen molar-refractivity contribution < 1.29 is 4.74 Å². The van der Waals surface area contributed by atoms with E-state index in [9.17, 15) is 0 Å². The molecule has 0 spiro atoms. The van der Waals surface area contributed by atoms with Gasteiger partial charge < -0.3 is 19.9 Å². The summed E-state index contributed by atoms with van der Waals surface area (Å²) in [7, 11) is 0. The van der Waals surface area contributed by atoms with Crippen LogP contribution >= 0.6 is 15.9 Å². The number of aryl methyl sites for hydroxylation is 1. The maximum absolute atomic E-state index is 5.44. The molecule has 1 aliphatic heterocycles. The van der Waals surface area contributed by atoms with E-state index >= 15 is 0 Å². The highest BCUT2D eigenvalue weighted by molar-refractivity contribution is 9.10. The number of ether oxygens (including phenoxy) is 1. The Morgan fingerprint density at radius 1 is 1.20 bits per heavy atom. The Hall–Kier alpha value is -3.05. The average Bonchev–Trinajstić information content (AvgIpc) is 3.40. The minimum Gasteiger partial charge on any atom is -0.378 e. The topological polar surface area (TPSA) is 109 Å². The number of aromatic nitrogens is 7. The van der Waals surface area contributed by atoms with Gasteiger partial charge in [0.2, 0.25) is 11.9 Å². The van der Waals surface area contributed by atoms with E-state index in [1.165, 1.54) is 5.56 Å². The molecule has 5 rings (SSSR count). The minimum atomic E-state index is 0.422. The number of nitrogens with one attached hydrogen (secondary N) is 2.